The third-order valence-corrected chi connectivity index (χ3v) is 3.80. The third kappa shape index (κ3) is 3.07. The zero-order chi connectivity index (χ0) is 13.8. The molecule has 1 saturated carbocycles. The van der Waals surface area contributed by atoms with Crippen molar-refractivity contribution < 1.29 is 0 Å². The quantitative estimate of drug-likeness (QED) is 0.871. The van der Waals surface area contributed by atoms with Crippen LogP contribution >= 0.6 is 0 Å². The lowest BCUT2D eigenvalue weighted by atomic mass is 10.3. The predicted molar refractivity (Wildman–Crippen MR) is 76.2 cm³/mol. The Morgan fingerprint density at radius 2 is 2.15 bits per heavy atom. The van der Waals surface area contributed by atoms with E-state index in [9.17, 15) is 0 Å². The van der Waals surface area contributed by atoms with Gasteiger partial charge in [0.15, 0.2) is 5.82 Å². The largest absolute Gasteiger partial charge is 0.310 e. The number of nitrogens with zero attached hydrogens (tertiary/aromatic N) is 5. The van der Waals surface area contributed by atoms with E-state index in [-0.39, 0.29) is 0 Å². The standard InChI is InChI=1S/C14H22N6/c1-2-15-9-14-16-11-19(18-14)10-12-7-8-20(17-12)13-5-3-4-6-13/h7-8,11,13,15H,2-6,9-10H2,1H3. The molecule has 1 fully saturated rings. The van der Waals surface area contributed by atoms with E-state index in [4.69, 9.17) is 0 Å². The molecule has 0 spiro atoms. The van der Waals surface area contributed by atoms with E-state index in [1.165, 1.54) is 25.7 Å². The molecule has 1 N–H and O–H groups in total. The summed E-state index contributed by atoms with van der Waals surface area (Å²) in [6, 6.07) is 2.69. The molecule has 0 radical (unpaired) electrons. The molecule has 2 aromatic rings. The number of hydrogen-bond donors (Lipinski definition) is 1. The van der Waals surface area contributed by atoms with Gasteiger partial charge in [0.05, 0.1) is 24.8 Å². The van der Waals surface area contributed by atoms with Gasteiger partial charge in [0.25, 0.3) is 0 Å². The molecule has 0 aromatic carbocycles. The topological polar surface area (TPSA) is 60.6 Å². The van der Waals surface area contributed by atoms with Crippen molar-refractivity contribution in [2.45, 2.75) is 51.7 Å². The lowest BCUT2D eigenvalue weighted by Gasteiger charge is -2.08. The highest BCUT2D eigenvalue weighted by atomic mass is 15.4. The summed E-state index contributed by atoms with van der Waals surface area (Å²) in [4.78, 5) is 4.29. The maximum atomic E-state index is 4.67. The molecule has 0 atom stereocenters. The molecular formula is C14H22N6. The Morgan fingerprint density at radius 1 is 1.30 bits per heavy atom. The minimum atomic E-state index is 0.601. The van der Waals surface area contributed by atoms with Crippen molar-refractivity contribution in [3.05, 3.63) is 30.1 Å². The summed E-state index contributed by atoms with van der Waals surface area (Å²) in [5.41, 5.74) is 1.05. The third-order valence-electron chi connectivity index (χ3n) is 3.80. The molecule has 0 saturated heterocycles. The molecule has 6 heteroatoms. The van der Waals surface area contributed by atoms with Crippen LogP contribution in [0.3, 0.4) is 0 Å². The van der Waals surface area contributed by atoms with Crippen molar-refractivity contribution in [2.24, 2.45) is 0 Å². The van der Waals surface area contributed by atoms with Crippen LogP contribution in [0.1, 0.15) is 50.2 Å². The van der Waals surface area contributed by atoms with Crippen LogP contribution in [0, 0.1) is 0 Å². The molecule has 1 aliphatic carbocycles. The first-order valence-electron chi connectivity index (χ1n) is 7.48. The van der Waals surface area contributed by atoms with Gasteiger partial charge in [-0.15, -0.1) is 0 Å². The Morgan fingerprint density at radius 3 is 2.95 bits per heavy atom. The molecule has 3 rings (SSSR count). The van der Waals surface area contributed by atoms with Gasteiger partial charge >= 0.3 is 0 Å². The van der Waals surface area contributed by atoms with Crippen molar-refractivity contribution in [3.8, 4) is 0 Å². The zero-order valence-electron chi connectivity index (χ0n) is 12.0. The Bertz CT molecular complexity index is 537. The molecule has 1 aliphatic rings. The van der Waals surface area contributed by atoms with Crippen LogP contribution in [-0.2, 0) is 13.1 Å². The molecule has 0 aliphatic heterocycles. The van der Waals surface area contributed by atoms with Crippen molar-refractivity contribution in [2.75, 3.05) is 6.54 Å². The monoisotopic (exact) mass is 274 g/mol. The van der Waals surface area contributed by atoms with Gasteiger partial charge in [0, 0.05) is 6.20 Å². The van der Waals surface area contributed by atoms with Crippen LogP contribution in [0.2, 0.25) is 0 Å². The first-order valence-corrected chi connectivity index (χ1v) is 7.48. The van der Waals surface area contributed by atoms with Gasteiger partial charge in [-0.1, -0.05) is 19.8 Å². The van der Waals surface area contributed by atoms with E-state index in [0.717, 1.165) is 24.6 Å². The Kier molecular flexibility index (Phi) is 4.11. The Balaban J connectivity index is 1.61. The van der Waals surface area contributed by atoms with Gasteiger partial charge in [0.1, 0.15) is 6.33 Å². The predicted octanol–water partition coefficient (Wildman–Crippen LogP) is 1.75. The van der Waals surface area contributed by atoms with Gasteiger partial charge in [-0.25, -0.2) is 9.67 Å². The van der Waals surface area contributed by atoms with Crippen LogP contribution < -0.4 is 5.32 Å². The highest BCUT2D eigenvalue weighted by Gasteiger charge is 2.17. The van der Waals surface area contributed by atoms with Crippen molar-refractivity contribution in [1.29, 1.82) is 0 Å². The second-order valence-corrected chi connectivity index (χ2v) is 5.36. The van der Waals surface area contributed by atoms with E-state index in [0.29, 0.717) is 12.6 Å². The number of hydrogen-bond acceptors (Lipinski definition) is 4. The summed E-state index contributed by atoms with van der Waals surface area (Å²) in [6.45, 7) is 4.42. The van der Waals surface area contributed by atoms with Crippen molar-refractivity contribution in [1.82, 2.24) is 29.9 Å². The molecule has 2 heterocycles. The second-order valence-electron chi connectivity index (χ2n) is 5.36. The zero-order valence-corrected chi connectivity index (χ0v) is 12.0. The SMILES string of the molecule is CCNCc1ncn(Cc2ccn(C3CCCC3)n2)n1. The molecule has 6 nitrogen and oxygen atoms in total. The molecule has 0 bridgehead atoms. The molecular weight excluding hydrogens is 252 g/mol. The van der Waals surface area contributed by atoms with Gasteiger partial charge in [-0.3, -0.25) is 4.68 Å². The number of rotatable bonds is 6. The number of aromatic nitrogens is 5. The summed E-state index contributed by atoms with van der Waals surface area (Å²) in [7, 11) is 0. The Hall–Kier alpha value is -1.69. The highest BCUT2D eigenvalue weighted by Crippen LogP contribution is 2.28. The first kappa shape index (κ1) is 13.3. The first-order chi connectivity index (χ1) is 9.85. The average molecular weight is 274 g/mol. The van der Waals surface area contributed by atoms with Crippen molar-refractivity contribution >= 4 is 0 Å². The summed E-state index contributed by atoms with van der Waals surface area (Å²) in [5.74, 6) is 0.835. The maximum absolute atomic E-state index is 4.67. The second kappa shape index (κ2) is 6.17. The fraction of sp³-hybridized carbons (Fsp3) is 0.643. The minimum Gasteiger partial charge on any atom is -0.310 e. The average Bonchev–Trinajstić information content (AvgIpc) is 3.18. The van der Waals surface area contributed by atoms with E-state index in [1.807, 2.05) is 4.68 Å². The van der Waals surface area contributed by atoms with Gasteiger partial charge in [-0.05, 0) is 25.5 Å². The summed E-state index contributed by atoms with van der Waals surface area (Å²) in [5, 5.41) is 12.3. The maximum Gasteiger partial charge on any atom is 0.164 e. The molecule has 108 valence electrons. The summed E-state index contributed by atoms with van der Waals surface area (Å²) in [6.07, 6.45) is 9.06. The van der Waals surface area contributed by atoms with Gasteiger partial charge in [-0.2, -0.15) is 10.2 Å². The minimum absolute atomic E-state index is 0.601. The van der Waals surface area contributed by atoms with Gasteiger partial charge < -0.3 is 5.32 Å². The van der Waals surface area contributed by atoms with Gasteiger partial charge in [0.2, 0.25) is 0 Å². The van der Waals surface area contributed by atoms with E-state index in [1.54, 1.807) is 6.33 Å². The van der Waals surface area contributed by atoms with Crippen LogP contribution in [0.15, 0.2) is 18.6 Å². The fourth-order valence-electron chi connectivity index (χ4n) is 2.73. The molecule has 2 aromatic heterocycles. The van der Waals surface area contributed by atoms with Crippen LogP contribution in [0.25, 0.3) is 0 Å². The molecule has 20 heavy (non-hydrogen) atoms. The lowest BCUT2D eigenvalue weighted by Crippen LogP contribution is -2.13. The Labute approximate surface area is 119 Å². The van der Waals surface area contributed by atoms with Crippen molar-refractivity contribution in [3.63, 3.8) is 0 Å². The fourth-order valence-corrected chi connectivity index (χ4v) is 2.73. The molecule has 0 unspecified atom stereocenters. The van der Waals surface area contributed by atoms with Crippen LogP contribution in [-0.4, -0.2) is 31.1 Å². The number of nitrogens with one attached hydrogen (secondary N) is 1. The van der Waals surface area contributed by atoms with E-state index < -0.39 is 0 Å². The van der Waals surface area contributed by atoms with Crippen LogP contribution in [0.4, 0.5) is 0 Å². The molecule has 0 amide bonds. The summed E-state index contributed by atoms with van der Waals surface area (Å²) < 4.78 is 3.98. The van der Waals surface area contributed by atoms with Crippen LogP contribution in [0.5, 0.6) is 0 Å². The smallest absolute Gasteiger partial charge is 0.164 e. The normalized spacial score (nSPS) is 16.1. The van der Waals surface area contributed by atoms with E-state index in [2.05, 4.69) is 44.4 Å². The highest BCUT2D eigenvalue weighted by molar-refractivity contribution is 5.01. The summed E-state index contributed by atoms with van der Waals surface area (Å²) >= 11 is 0. The lowest BCUT2D eigenvalue weighted by molar-refractivity contribution is 0.460. The van der Waals surface area contributed by atoms with E-state index >= 15 is 0 Å².